The van der Waals surface area contributed by atoms with Gasteiger partial charge in [0, 0.05) is 20.2 Å². The van der Waals surface area contributed by atoms with Crippen molar-refractivity contribution in [3.05, 3.63) is 32.7 Å². The van der Waals surface area contributed by atoms with Gasteiger partial charge in [-0.05, 0) is 12.0 Å². The first-order valence-corrected chi connectivity index (χ1v) is 7.85. The van der Waals surface area contributed by atoms with E-state index in [2.05, 4.69) is 21.2 Å². The molecule has 1 aromatic heterocycles. The molecule has 0 aliphatic heterocycles. The van der Waals surface area contributed by atoms with Crippen molar-refractivity contribution in [2.45, 2.75) is 18.7 Å². The third-order valence-electron chi connectivity index (χ3n) is 3.68. The Bertz CT molecular complexity index is 853. The molecule has 0 spiro atoms. The second-order valence-electron chi connectivity index (χ2n) is 5.65. The maximum Gasteiger partial charge on any atom is 0.328 e. The van der Waals surface area contributed by atoms with Crippen LogP contribution in [0.2, 0.25) is 0 Å². The standard InChI is InChI=1S/C14H17BrN4O4/c1-7(2)12(15)13(20)16-8-5-10-11(6-9(8)19(22)23)18(4)14(21)17(10)3/h5-7,12H,1-4H3,(H,16,20)/t12-/m1/s1. The van der Waals surface area contributed by atoms with Crippen molar-refractivity contribution in [2.24, 2.45) is 20.0 Å². The number of halogens is 1. The number of fused-ring (bicyclic) bond motifs is 1. The molecule has 2 rings (SSSR count). The first-order chi connectivity index (χ1) is 10.6. The molecule has 1 amide bonds. The Balaban J connectivity index is 2.60. The summed E-state index contributed by atoms with van der Waals surface area (Å²) in [5, 5.41) is 13.9. The molecule has 0 aliphatic carbocycles. The van der Waals surface area contributed by atoms with Crippen LogP contribution in [-0.4, -0.2) is 24.8 Å². The lowest BCUT2D eigenvalue weighted by Crippen LogP contribution is -2.27. The number of anilines is 1. The predicted octanol–water partition coefficient (Wildman–Crippen LogP) is 2.14. The van der Waals surface area contributed by atoms with Gasteiger partial charge in [-0.1, -0.05) is 29.8 Å². The van der Waals surface area contributed by atoms with Gasteiger partial charge >= 0.3 is 5.69 Å². The van der Waals surface area contributed by atoms with Crippen LogP contribution < -0.4 is 11.0 Å². The van der Waals surface area contributed by atoms with E-state index < -0.39 is 9.75 Å². The molecule has 1 aromatic carbocycles. The highest BCUT2D eigenvalue weighted by atomic mass is 79.9. The number of imidazole rings is 1. The molecule has 124 valence electrons. The average molecular weight is 385 g/mol. The van der Waals surface area contributed by atoms with Gasteiger partial charge in [-0.15, -0.1) is 0 Å². The van der Waals surface area contributed by atoms with Crippen molar-refractivity contribution < 1.29 is 9.72 Å². The number of nitro benzene ring substituents is 1. The molecule has 9 heteroatoms. The number of amides is 1. The topological polar surface area (TPSA) is 99.2 Å². The predicted molar refractivity (Wildman–Crippen MR) is 91.0 cm³/mol. The number of benzene rings is 1. The van der Waals surface area contributed by atoms with Gasteiger partial charge in [0.2, 0.25) is 5.91 Å². The number of nitro groups is 1. The molecule has 1 atom stereocenters. The summed E-state index contributed by atoms with van der Waals surface area (Å²) < 4.78 is 2.71. The Morgan fingerprint density at radius 1 is 1.26 bits per heavy atom. The number of rotatable bonds is 4. The van der Waals surface area contributed by atoms with Crippen LogP contribution >= 0.6 is 15.9 Å². The minimum atomic E-state index is -0.578. The van der Waals surface area contributed by atoms with Crippen LogP contribution in [0.15, 0.2) is 16.9 Å². The summed E-state index contributed by atoms with van der Waals surface area (Å²) >= 11 is 3.27. The quantitative estimate of drug-likeness (QED) is 0.495. The first-order valence-electron chi connectivity index (χ1n) is 6.94. The molecule has 0 bridgehead atoms. The molecule has 0 fully saturated rings. The largest absolute Gasteiger partial charge is 0.328 e. The highest BCUT2D eigenvalue weighted by Crippen LogP contribution is 2.30. The van der Waals surface area contributed by atoms with E-state index in [0.717, 1.165) is 0 Å². The normalized spacial score (nSPS) is 12.6. The minimum Gasteiger partial charge on any atom is -0.319 e. The van der Waals surface area contributed by atoms with Gasteiger partial charge in [-0.2, -0.15) is 0 Å². The maximum atomic E-state index is 12.2. The van der Waals surface area contributed by atoms with Gasteiger partial charge in [0.05, 0.1) is 20.8 Å². The lowest BCUT2D eigenvalue weighted by atomic mass is 10.1. The molecular weight excluding hydrogens is 368 g/mol. The zero-order valence-electron chi connectivity index (χ0n) is 13.2. The van der Waals surface area contributed by atoms with Gasteiger partial charge in [0.15, 0.2) is 0 Å². The van der Waals surface area contributed by atoms with Crippen LogP contribution in [0.4, 0.5) is 11.4 Å². The summed E-state index contributed by atoms with van der Waals surface area (Å²) in [4.78, 5) is 34.4. The van der Waals surface area contributed by atoms with Crippen molar-refractivity contribution in [3.63, 3.8) is 0 Å². The number of nitrogens with one attached hydrogen (secondary N) is 1. The highest BCUT2D eigenvalue weighted by molar-refractivity contribution is 9.10. The van der Waals surface area contributed by atoms with Crippen molar-refractivity contribution in [1.29, 1.82) is 0 Å². The molecule has 1 heterocycles. The van der Waals surface area contributed by atoms with Crippen LogP contribution in [0.25, 0.3) is 11.0 Å². The van der Waals surface area contributed by atoms with E-state index in [-0.39, 0.29) is 28.9 Å². The molecule has 0 saturated carbocycles. The van der Waals surface area contributed by atoms with Gasteiger partial charge in [-0.25, -0.2) is 4.79 Å². The average Bonchev–Trinajstić information content (AvgIpc) is 2.70. The Kier molecular flexibility index (Phi) is 4.60. The fourth-order valence-corrected chi connectivity index (χ4v) is 2.40. The molecular formula is C14H17BrN4O4. The van der Waals surface area contributed by atoms with E-state index in [1.807, 2.05) is 13.8 Å². The Labute approximate surface area is 140 Å². The van der Waals surface area contributed by atoms with Crippen LogP contribution in [0.5, 0.6) is 0 Å². The molecule has 0 radical (unpaired) electrons. The van der Waals surface area contributed by atoms with E-state index >= 15 is 0 Å². The minimum absolute atomic E-state index is 0.0267. The second kappa shape index (κ2) is 6.15. The third-order valence-corrected chi connectivity index (χ3v) is 5.15. The SMILES string of the molecule is CC(C)[C@@H](Br)C(=O)Nc1cc2c(cc1[N+](=O)[O-])n(C)c(=O)n2C. The molecule has 0 unspecified atom stereocenters. The number of carbonyl (C=O) groups is 1. The lowest BCUT2D eigenvalue weighted by molar-refractivity contribution is -0.383. The zero-order valence-corrected chi connectivity index (χ0v) is 14.7. The number of carbonyl (C=O) groups excluding carboxylic acids is 1. The summed E-state index contributed by atoms with van der Waals surface area (Å²) in [5.41, 5.74) is 0.461. The molecule has 1 N–H and O–H groups in total. The van der Waals surface area contributed by atoms with Gasteiger partial charge in [0.1, 0.15) is 5.69 Å². The van der Waals surface area contributed by atoms with E-state index in [1.54, 1.807) is 14.1 Å². The molecule has 0 saturated heterocycles. The fourth-order valence-electron chi connectivity index (χ4n) is 2.29. The number of hydrogen-bond acceptors (Lipinski definition) is 4. The maximum absolute atomic E-state index is 12.2. The molecule has 23 heavy (non-hydrogen) atoms. The van der Waals surface area contributed by atoms with E-state index in [0.29, 0.717) is 11.0 Å². The van der Waals surface area contributed by atoms with Crippen LogP contribution in [0.1, 0.15) is 13.8 Å². The van der Waals surface area contributed by atoms with Crippen molar-refractivity contribution >= 4 is 44.2 Å². The lowest BCUT2D eigenvalue weighted by Gasteiger charge is -2.14. The third kappa shape index (κ3) is 3.00. The number of aryl methyl sites for hydroxylation is 2. The monoisotopic (exact) mass is 384 g/mol. The summed E-state index contributed by atoms with van der Waals surface area (Å²) in [6, 6.07) is 2.75. The van der Waals surface area contributed by atoms with Gasteiger partial charge in [0.25, 0.3) is 5.69 Å². The Morgan fingerprint density at radius 3 is 2.26 bits per heavy atom. The summed E-state index contributed by atoms with van der Waals surface area (Å²) in [6.45, 7) is 3.72. The van der Waals surface area contributed by atoms with Gasteiger partial charge < -0.3 is 5.32 Å². The van der Waals surface area contributed by atoms with Crippen molar-refractivity contribution in [3.8, 4) is 0 Å². The first kappa shape index (κ1) is 17.2. The molecule has 0 aliphatic rings. The Morgan fingerprint density at radius 2 is 1.78 bits per heavy atom. The number of nitrogens with zero attached hydrogens (tertiary/aromatic N) is 3. The van der Waals surface area contributed by atoms with Crippen LogP contribution in [-0.2, 0) is 18.9 Å². The summed E-state index contributed by atoms with van der Waals surface area (Å²) in [5.74, 6) is -0.345. The smallest absolute Gasteiger partial charge is 0.319 e. The number of alkyl halides is 1. The number of aromatic nitrogens is 2. The number of hydrogen-bond donors (Lipinski definition) is 1. The van der Waals surface area contributed by atoms with Gasteiger partial charge in [-0.3, -0.25) is 24.0 Å². The highest BCUT2D eigenvalue weighted by Gasteiger charge is 2.24. The van der Waals surface area contributed by atoms with Crippen molar-refractivity contribution in [2.75, 3.05) is 5.32 Å². The summed E-state index contributed by atoms with van der Waals surface area (Å²) in [6.07, 6.45) is 0. The summed E-state index contributed by atoms with van der Waals surface area (Å²) in [7, 11) is 3.11. The second-order valence-corrected chi connectivity index (χ2v) is 6.64. The van der Waals surface area contributed by atoms with Crippen LogP contribution in [0, 0.1) is 16.0 Å². The van der Waals surface area contributed by atoms with E-state index in [9.17, 15) is 19.7 Å². The fraction of sp³-hybridized carbons (Fsp3) is 0.429. The molecule has 2 aromatic rings. The zero-order chi connectivity index (χ0) is 17.5. The van der Waals surface area contributed by atoms with Crippen molar-refractivity contribution in [1.82, 2.24) is 9.13 Å². The van der Waals surface area contributed by atoms with E-state index in [4.69, 9.17) is 0 Å². The van der Waals surface area contributed by atoms with E-state index in [1.165, 1.54) is 21.3 Å². The van der Waals surface area contributed by atoms with Crippen LogP contribution in [0.3, 0.4) is 0 Å². The molecule has 8 nitrogen and oxygen atoms in total. The Hall–Kier alpha value is -2.16.